The van der Waals surface area contributed by atoms with E-state index in [-0.39, 0.29) is 23.3 Å². The number of amides is 3. The van der Waals surface area contributed by atoms with E-state index in [0.717, 1.165) is 16.7 Å². The summed E-state index contributed by atoms with van der Waals surface area (Å²) in [5.41, 5.74) is 3.55. The largest absolute Gasteiger partial charge is 0.573 e. The maximum atomic E-state index is 12.9. The lowest BCUT2D eigenvalue weighted by Gasteiger charge is -2.22. The number of halogens is 3. The lowest BCUT2D eigenvalue weighted by Crippen LogP contribution is -2.30. The number of aryl methyl sites for hydroxylation is 1. The summed E-state index contributed by atoms with van der Waals surface area (Å²) < 4.78 is 47.9. The number of ether oxygens (including phenoxy) is 2. The predicted molar refractivity (Wildman–Crippen MR) is 169 cm³/mol. The minimum absolute atomic E-state index is 0.203. The number of rotatable bonds is 11. The van der Waals surface area contributed by atoms with Crippen LogP contribution < -0.4 is 19.9 Å². The number of amidine groups is 1. The topological polar surface area (TPSA) is 127 Å². The maximum Gasteiger partial charge on any atom is 0.573 e. The quantitative estimate of drug-likeness (QED) is 0.118. The molecular weight excluding hydrogens is 625 g/mol. The van der Waals surface area contributed by atoms with E-state index in [1.165, 1.54) is 51.9 Å². The second-order valence-electron chi connectivity index (χ2n) is 9.74. The van der Waals surface area contributed by atoms with Crippen LogP contribution in [0.1, 0.15) is 23.6 Å². The fourth-order valence-corrected chi connectivity index (χ4v) is 4.87. The molecular formula is C30H31F3N8O4S. The van der Waals surface area contributed by atoms with Gasteiger partial charge in [-0.15, -0.1) is 18.3 Å². The SMILES string of the molecule is CCS/C(=N\C(=O)Nc1ccc(CN(C)c2ncn(-c3ccc(OC(F)(F)F)cc3)n2)cn1)N(C=O)c1cc(C)ccc1COC. The molecule has 2 aromatic heterocycles. The Morgan fingerprint density at radius 2 is 1.89 bits per heavy atom. The molecule has 12 nitrogen and oxygen atoms in total. The molecule has 16 heteroatoms. The first-order valence-electron chi connectivity index (χ1n) is 13.8. The Kier molecular flexibility index (Phi) is 11.3. The molecule has 3 amide bonds. The fourth-order valence-electron chi connectivity index (χ4n) is 4.18. The number of carbonyl (C=O) groups is 2. The Hall–Kier alpha value is -4.96. The van der Waals surface area contributed by atoms with E-state index in [1.807, 2.05) is 32.0 Å². The average molecular weight is 657 g/mol. The van der Waals surface area contributed by atoms with Crippen LogP contribution in [0.4, 0.5) is 35.4 Å². The predicted octanol–water partition coefficient (Wildman–Crippen LogP) is 5.96. The van der Waals surface area contributed by atoms with Crippen molar-refractivity contribution in [1.82, 2.24) is 19.7 Å². The number of hydrogen-bond donors (Lipinski definition) is 1. The molecule has 0 unspecified atom stereocenters. The summed E-state index contributed by atoms with van der Waals surface area (Å²) in [5.74, 6) is 0.855. The standard InChI is InChI=1S/C30H31F3N8O4S/c1-5-46-29(40(19-42)25-14-20(2)6-8-22(25)17-44-4)37-28(43)36-26-13-7-21(15-34-26)16-39(3)27-35-18-41(38-27)23-9-11-24(12-10-23)45-30(31,32)33/h6-15,18-19H,5,16-17H2,1-4H3,(H,34,36,43)/b37-29-. The zero-order valence-corrected chi connectivity index (χ0v) is 26.2. The number of methoxy groups -OCH3 is 1. The van der Waals surface area contributed by atoms with Crippen molar-refractivity contribution in [3.63, 3.8) is 0 Å². The Balaban J connectivity index is 1.40. The number of urea groups is 1. The number of alkyl halides is 3. The third-order valence-corrected chi connectivity index (χ3v) is 7.05. The summed E-state index contributed by atoms with van der Waals surface area (Å²) in [6.45, 7) is 4.43. The zero-order valence-electron chi connectivity index (χ0n) is 25.4. The number of hydrogen-bond acceptors (Lipinski definition) is 9. The number of thioether (sulfide) groups is 1. The molecule has 2 heterocycles. The Labute approximate surface area is 267 Å². The summed E-state index contributed by atoms with van der Waals surface area (Å²) >= 11 is 1.24. The first-order valence-corrected chi connectivity index (χ1v) is 14.8. The Morgan fingerprint density at radius 1 is 1.13 bits per heavy atom. The van der Waals surface area contributed by atoms with E-state index in [4.69, 9.17) is 4.74 Å². The van der Waals surface area contributed by atoms with Gasteiger partial charge in [0.2, 0.25) is 12.4 Å². The van der Waals surface area contributed by atoms with Gasteiger partial charge < -0.3 is 14.4 Å². The molecule has 0 aliphatic rings. The Bertz CT molecular complexity index is 1660. The summed E-state index contributed by atoms with van der Waals surface area (Å²) in [7, 11) is 3.33. The van der Waals surface area contributed by atoms with Crippen molar-refractivity contribution >= 4 is 46.8 Å². The van der Waals surface area contributed by atoms with Crippen molar-refractivity contribution in [3.05, 3.63) is 83.8 Å². The Morgan fingerprint density at radius 3 is 2.52 bits per heavy atom. The monoisotopic (exact) mass is 656 g/mol. The summed E-state index contributed by atoms with van der Waals surface area (Å²) in [6, 6.07) is 13.5. The van der Waals surface area contributed by atoms with E-state index < -0.39 is 12.4 Å². The second kappa shape index (κ2) is 15.4. The van der Waals surface area contributed by atoms with Crippen LogP contribution in [0.15, 0.2) is 72.1 Å². The number of nitrogens with zero attached hydrogens (tertiary/aromatic N) is 7. The third-order valence-electron chi connectivity index (χ3n) is 6.22. The van der Waals surface area contributed by atoms with Crippen LogP contribution in [0.5, 0.6) is 5.75 Å². The number of benzene rings is 2. The van der Waals surface area contributed by atoms with Gasteiger partial charge in [-0.2, -0.15) is 9.98 Å². The van der Waals surface area contributed by atoms with Gasteiger partial charge in [-0.05, 0) is 60.2 Å². The van der Waals surface area contributed by atoms with Crippen molar-refractivity contribution < 1.29 is 32.2 Å². The first kappa shape index (κ1) is 33.9. The number of nitrogens with one attached hydrogen (secondary N) is 1. The first-order chi connectivity index (χ1) is 22.0. The molecule has 4 rings (SSSR count). The van der Waals surface area contributed by atoms with Crippen molar-refractivity contribution in [2.75, 3.05) is 35.0 Å². The van der Waals surface area contributed by atoms with Crippen molar-refractivity contribution in [2.45, 2.75) is 33.4 Å². The average Bonchev–Trinajstić information content (AvgIpc) is 3.50. The highest BCUT2D eigenvalue weighted by Crippen LogP contribution is 2.26. The number of aromatic nitrogens is 4. The normalized spacial score (nSPS) is 11.7. The van der Waals surface area contributed by atoms with Crippen LogP contribution >= 0.6 is 11.8 Å². The van der Waals surface area contributed by atoms with E-state index >= 15 is 0 Å². The van der Waals surface area contributed by atoms with E-state index in [2.05, 4.69) is 30.1 Å². The molecule has 0 aliphatic carbocycles. The van der Waals surface area contributed by atoms with Crippen LogP contribution in [0.25, 0.3) is 5.69 Å². The van der Waals surface area contributed by atoms with Gasteiger partial charge in [0.25, 0.3) is 0 Å². The van der Waals surface area contributed by atoms with Gasteiger partial charge in [0.1, 0.15) is 17.9 Å². The molecule has 0 atom stereocenters. The summed E-state index contributed by atoms with van der Waals surface area (Å²) in [5, 5.41) is 7.22. The number of aliphatic imine (C=N–C) groups is 1. The number of anilines is 3. The van der Waals surface area contributed by atoms with Gasteiger partial charge in [0, 0.05) is 32.5 Å². The van der Waals surface area contributed by atoms with Crippen LogP contribution in [-0.4, -0.2) is 63.6 Å². The highest BCUT2D eigenvalue weighted by Gasteiger charge is 2.31. The van der Waals surface area contributed by atoms with Gasteiger partial charge >= 0.3 is 12.4 Å². The zero-order chi connectivity index (χ0) is 33.3. The third kappa shape index (κ3) is 9.28. The van der Waals surface area contributed by atoms with E-state index in [1.54, 1.807) is 37.4 Å². The lowest BCUT2D eigenvalue weighted by atomic mass is 10.1. The molecule has 0 aliphatic heterocycles. The highest BCUT2D eigenvalue weighted by atomic mass is 32.2. The molecule has 4 aromatic rings. The van der Waals surface area contributed by atoms with E-state index in [0.29, 0.717) is 36.0 Å². The molecule has 46 heavy (non-hydrogen) atoms. The molecule has 0 bridgehead atoms. The molecule has 242 valence electrons. The van der Waals surface area contributed by atoms with Crippen molar-refractivity contribution in [3.8, 4) is 11.4 Å². The van der Waals surface area contributed by atoms with Gasteiger partial charge in [-0.25, -0.2) is 14.5 Å². The van der Waals surface area contributed by atoms with Crippen LogP contribution in [0, 0.1) is 6.92 Å². The van der Waals surface area contributed by atoms with Gasteiger partial charge in [0.05, 0.1) is 18.0 Å². The second-order valence-corrected chi connectivity index (χ2v) is 11.0. The lowest BCUT2D eigenvalue weighted by molar-refractivity contribution is -0.274. The maximum absolute atomic E-state index is 12.9. The smallest absolute Gasteiger partial charge is 0.406 e. The summed E-state index contributed by atoms with van der Waals surface area (Å²) in [6.07, 6.45) is -1.13. The molecule has 0 fully saturated rings. The van der Waals surface area contributed by atoms with Crippen molar-refractivity contribution in [2.24, 2.45) is 4.99 Å². The minimum Gasteiger partial charge on any atom is -0.406 e. The van der Waals surface area contributed by atoms with Crippen molar-refractivity contribution in [1.29, 1.82) is 0 Å². The van der Waals surface area contributed by atoms with Gasteiger partial charge in [-0.1, -0.05) is 36.9 Å². The molecule has 0 saturated carbocycles. The van der Waals surface area contributed by atoms with E-state index in [9.17, 15) is 22.8 Å². The molecule has 2 aromatic carbocycles. The summed E-state index contributed by atoms with van der Waals surface area (Å²) in [4.78, 5) is 40.9. The number of pyridine rings is 1. The van der Waals surface area contributed by atoms with Gasteiger partial charge in [0.15, 0.2) is 5.17 Å². The molecule has 1 N–H and O–H groups in total. The van der Waals surface area contributed by atoms with Crippen LogP contribution in [-0.2, 0) is 22.7 Å². The highest BCUT2D eigenvalue weighted by molar-refractivity contribution is 8.14. The minimum atomic E-state index is -4.77. The number of carbonyl (C=O) groups excluding carboxylic acids is 2. The molecule has 0 saturated heterocycles. The van der Waals surface area contributed by atoms with Crippen LogP contribution in [0.3, 0.4) is 0 Å². The van der Waals surface area contributed by atoms with Gasteiger partial charge in [-0.3, -0.25) is 15.0 Å². The fraction of sp³-hybridized carbons (Fsp3) is 0.267. The van der Waals surface area contributed by atoms with Crippen LogP contribution in [0.2, 0.25) is 0 Å². The molecule has 0 spiro atoms. The molecule has 0 radical (unpaired) electrons.